The van der Waals surface area contributed by atoms with E-state index in [1.54, 1.807) is 6.07 Å². The van der Waals surface area contributed by atoms with Gasteiger partial charge in [-0.1, -0.05) is 43.2 Å². The summed E-state index contributed by atoms with van der Waals surface area (Å²) in [4.78, 5) is 0. The minimum atomic E-state index is -0.950. The highest BCUT2D eigenvalue weighted by Crippen LogP contribution is 2.39. The van der Waals surface area contributed by atoms with Crippen LogP contribution in [-0.2, 0) is 12.8 Å². The molecule has 1 fully saturated rings. The number of halogens is 3. The average molecular weight is 370 g/mol. The van der Waals surface area contributed by atoms with Crippen molar-refractivity contribution in [2.75, 3.05) is 0 Å². The molecule has 0 aliphatic heterocycles. The van der Waals surface area contributed by atoms with Crippen LogP contribution in [0.25, 0.3) is 11.1 Å². The molecule has 2 aliphatic carbocycles. The van der Waals surface area contributed by atoms with Crippen LogP contribution in [0.5, 0.6) is 0 Å². The van der Waals surface area contributed by atoms with E-state index in [1.165, 1.54) is 43.7 Å². The summed E-state index contributed by atoms with van der Waals surface area (Å²) in [5.41, 5.74) is 3.91. The number of hydrogen-bond acceptors (Lipinski definition) is 0. The second-order valence-electron chi connectivity index (χ2n) is 7.98. The fourth-order valence-electron chi connectivity index (χ4n) is 4.71. The molecule has 0 nitrogen and oxygen atoms in total. The van der Waals surface area contributed by atoms with E-state index >= 15 is 4.39 Å². The maximum atomic E-state index is 15.1. The fourth-order valence-corrected chi connectivity index (χ4v) is 4.71. The zero-order chi connectivity index (χ0) is 19.0. The molecule has 4 rings (SSSR count). The van der Waals surface area contributed by atoms with Crippen molar-refractivity contribution in [1.29, 1.82) is 0 Å². The third-order valence-electron chi connectivity index (χ3n) is 6.48. The van der Waals surface area contributed by atoms with Gasteiger partial charge in [0.1, 0.15) is 5.82 Å². The van der Waals surface area contributed by atoms with Crippen LogP contribution >= 0.6 is 0 Å². The zero-order valence-electron chi connectivity index (χ0n) is 15.7. The Kier molecular flexibility index (Phi) is 5.12. The molecule has 142 valence electrons. The maximum Gasteiger partial charge on any atom is 0.159 e. The van der Waals surface area contributed by atoms with E-state index in [-0.39, 0.29) is 5.82 Å². The van der Waals surface area contributed by atoms with Gasteiger partial charge in [-0.05, 0) is 79.2 Å². The monoisotopic (exact) mass is 370 g/mol. The molecule has 0 N–H and O–H groups in total. The lowest BCUT2D eigenvalue weighted by atomic mass is 9.74. The molecule has 27 heavy (non-hydrogen) atoms. The Morgan fingerprint density at radius 3 is 2.41 bits per heavy atom. The molecule has 0 aromatic heterocycles. The van der Waals surface area contributed by atoms with E-state index in [0.717, 1.165) is 30.0 Å². The summed E-state index contributed by atoms with van der Waals surface area (Å²) in [5, 5.41) is 0. The van der Waals surface area contributed by atoms with E-state index in [2.05, 4.69) is 13.0 Å². The molecule has 1 saturated carbocycles. The van der Waals surface area contributed by atoms with Gasteiger partial charge < -0.3 is 0 Å². The normalized spacial score (nSPS) is 22.3. The molecular formula is C24H25F3. The molecule has 2 aromatic rings. The van der Waals surface area contributed by atoms with Gasteiger partial charge in [-0.2, -0.15) is 0 Å². The minimum absolute atomic E-state index is 0.302. The molecular weight excluding hydrogens is 345 g/mol. The quantitative estimate of drug-likeness (QED) is 0.510. The van der Waals surface area contributed by atoms with Crippen molar-refractivity contribution in [2.45, 2.75) is 51.9 Å². The standard InChI is InChI=1S/C24H25F3/c1-2-15-3-5-16(6-4-15)17-7-10-20-18(13-17)8-11-21(24(20)27)19-9-12-22(25)23(26)14-19/h7-9,11-12,14-16H,2-6,10,13H2,1H3. The lowest BCUT2D eigenvalue weighted by molar-refractivity contribution is 0.292. The van der Waals surface area contributed by atoms with Crippen LogP contribution in [0.2, 0.25) is 0 Å². The van der Waals surface area contributed by atoms with Crippen LogP contribution in [0.15, 0.2) is 42.0 Å². The van der Waals surface area contributed by atoms with Crippen molar-refractivity contribution < 1.29 is 13.2 Å². The molecule has 2 aliphatic rings. The van der Waals surface area contributed by atoms with Crippen molar-refractivity contribution in [3.05, 3.63) is 70.6 Å². The molecule has 0 saturated heterocycles. The predicted molar refractivity (Wildman–Crippen MR) is 103 cm³/mol. The Morgan fingerprint density at radius 1 is 0.926 bits per heavy atom. The van der Waals surface area contributed by atoms with Crippen molar-refractivity contribution in [2.24, 2.45) is 11.8 Å². The minimum Gasteiger partial charge on any atom is -0.206 e. The lowest BCUT2D eigenvalue weighted by Crippen LogP contribution is -2.19. The van der Waals surface area contributed by atoms with Crippen molar-refractivity contribution in [1.82, 2.24) is 0 Å². The molecule has 0 spiro atoms. The lowest BCUT2D eigenvalue weighted by Gasteiger charge is -2.31. The van der Waals surface area contributed by atoms with Crippen molar-refractivity contribution in [3.63, 3.8) is 0 Å². The van der Waals surface area contributed by atoms with Crippen LogP contribution < -0.4 is 0 Å². The van der Waals surface area contributed by atoms with Gasteiger partial charge in [0.05, 0.1) is 0 Å². The van der Waals surface area contributed by atoms with Crippen LogP contribution in [0, 0.1) is 29.3 Å². The van der Waals surface area contributed by atoms with E-state index in [9.17, 15) is 8.78 Å². The molecule has 0 amide bonds. The number of rotatable bonds is 3. The second kappa shape index (κ2) is 7.53. The molecule has 0 radical (unpaired) electrons. The highest BCUT2D eigenvalue weighted by molar-refractivity contribution is 5.66. The summed E-state index contributed by atoms with van der Waals surface area (Å²) in [6, 6.07) is 7.21. The van der Waals surface area contributed by atoms with Gasteiger partial charge in [0.25, 0.3) is 0 Å². The van der Waals surface area contributed by atoms with Crippen LogP contribution in [0.4, 0.5) is 13.2 Å². The van der Waals surface area contributed by atoms with E-state index < -0.39 is 11.6 Å². The van der Waals surface area contributed by atoms with Crippen molar-refractivity contribution in [3.8, 4) is 11.1 Å². The summed E-state index contributed by atoms with van der Waals surface area (Å²) in [7, 11) is 0. The molecule has 0 unspecified atom stereocenters. The molecule has 2 aromatic carbocycles. The SMILES string of the molecule is CCC1CCC(C2=CCc3c(ccc(-c4ccc(F)c(F)c4)c3F)C2)CC1. The Labute approximate surface area is 159 Å². The number of benzene rings is 2. The van der Waals surface area contributed by atoms with Gasteiger partial charge in [0, 0.05) is 5.56 Å². The van der Waals surface area contributed by atoms with Crippen LogP contribution in [0.1, 0.15) is 50.2 Å². The average Bonchev–Trinajstić information content (AvgIpc) is 2.70. The first-order valence-electron chi connectivity index (χ1n) is 10.0. The third kappa shape index (κ3) is 3.56. The van der Waals surface area contributed by atoms with Gasteiger partial charge in [0.15, 0.2) is 11.6 Å². The molecule has 0 atom stereocenters. The van der Waals surface area contributed by atoms with Gasteiger partial charge in [-0.15, -0.1) is 0 Å². The van der Waals surface area contributed by atoms with Gasteiger partial charge in [-0.25, -0.2) is 13.2 Å². The Morgan fingerprint density at radius 2 is 1.70 bits per heavy atom. The number of allylic oxidation sites excluding steroid dienone is 2. The highest BCUT2D eigenvalue weighted by Gasteiger charge is 2.26. The summed E-state index contributed by atoms with van der Waals surface area (Å²) >= 11 is 0. The number of hydrogen-bond donors (Lipinski definition) is 0. The highest BCUT2D eigenvalue weighted by atomic mass is 19.2. The first-order chi connectivity index (χ1) is 13.1. The smallest absolute Gasteiger partial charge is 0.159 e. The molecule has 0 bridgehead atoms. The Bertz CT molecular complexity index is 873. The Balaban J connectivity index is 1.57. The van der Waals surface area contributed by atoms with E-state index in [0.29, 0.717) is 29.0 Å². The molecule has 3 heteroatoms. The van der Waals surface area contributed by atoms with E-state index in [1.807, 2.05) is 6.07 Å². The molecule has 0 heterocycles. The van der Waals surface area contributed by atoms with Crippen molar-refractivity contribution >= 4 is 0 Å². The first-order valence-corrected chi connectivity index (χ1v) is 10.0. The summed E-state index contributed by atoms with van der Waals surface area (Å²) in [5.74, 6) is -0.663. The summed E-state index contributed by atoms with van der Waals surface area (Å²) in [6.07, 6.45) is 9.96. The van der Waals surface area contributed by atoms with Crippen LogP contribution in [0.3, 0.4) is 0 Å². The predicted octanol–water partition coefficient (Wildman–Crippen LogP) is 7.01. The first kappa shape index (κ1) is 18.3. The van der Waals surface area contributed by atoms with Gasteiger partial charge >= 0.3 is 0 Å². The largest absolute Gasteiger partial charge is 0.206 e. The fraction of sp³-hybridized carbons (Fsp3) is 0.417. The number of fused-ring (bicyclic) bond motifs is 1. The summed E-state index contributed by atoms with van der Waals surface area (Å²) < 4.78 is 41.8. The van der Waals surface area contributed by atoms with E-state index in [4.69, 9.17) is 0 Å². The van der Waals surface area contributed by atoms with Gasteiger partial charge in [0.2, 0.25) is 0 Å². The topological polar surface area (TPSA) is 0 Å². The van der Waals surface area contributed by atoms with Crippen LogP contribution in [-0.4, -0.2) is 0 Å². The maximum absolute atomic E-state index is 15.1. The summed E-state index contributed by atoms with van der Waals surface area (Å²) in [6.45, 7) is 2.27. The van der Waals surface area contributed by atoms with Gasteiger partial charge in [-0.3, -0.25) is 0 Å². The second-order valence-corrected chi connectivity index (χ2v) is 7.98. The third-order valence-corrected chi connectivity index (χ3v) is 6.48. The zero-order valence-corrected chi connectivity index (χ0v) is 15.7. The Hall–Kier alpha value is -2.03.